The molecule has 1 unspecified atom stereocenters. The monoisotopic (exact) mass is 251 g/mol. The molecule has 0 aliphatic heterocycles. The van der Waals surface area contributed by atoms with Crippen molar-refractivity contribution in [3.63, 3.8) is 0 Å². The lowest BCUT2D eigenvalue weighted by molar-refractivity contribution is 0.0822. The van der Waals surface area contributed by atoms with Gasteiger partial charge in [0.1, 0.15) is 5.69 Å². The van der Waals surface area contributed by atoms with Gasteiger partial charge in [0.05, 0.1) is 6.10 Å². The lowest BCUT2D eigenvalue weighted by Crippen LogP contribution is -2.25. The van der Waals surface area contributed by atoms with Crippen LogP contribution in [-0.2, 0) is 0 Å². The van der Waals surface area contributed by atoms with Crippen LogP contribution in [0.2, 0.25) is 0 Å². The maximum atomic E-state index is 11.8. The van der Waals surface area contributed by atoms with Gasteiger partial charge in [0, 0.05) is 39.6 Å². The standard InChI is InChI=1S/C13H21N3O2/c1-10(17)6-8-16(4)11-5-7-14-12(9-11)13(18)15(2)3/h5,7,9-10,17H,6,8H2,1-4H3. The summed E-state index contributed by atoms with van der Waals surface area (Å²) in [6.45, 7) is 2.50. The van der Waals surface area contributed by atoms with E-state index >= 15 is 0 Å². The Labute approximate surface area is 108 Å². The van der Waals surface area contributed by atoms with Gasteiger partial charge < -0.3 is 14.9 Å². The molecule has 1 N–H and O–H groups in total. The van der Waals surface area contributed by atoms with E-state index < -0.39 is 0 Å². The molecule has 0 saturated carbocycles. The van der Waals surface area contributed by atoms with Crippen molar-refractivity contribution in [2.75, 3.05) is 32.6 Å². The van der Waals surface area contributed by atoms with Crippen LogP contribution in [0.15, 0.2) is 18.3 Å². The molecule has 0 bridgehead atoms. The minimum absolute atomic E-state index is 0.110. The molecule has 1 atom stereocenters. The smallest absolute Gasteiger partial charge is 0.272 e. The molecule has 1 aromatic rings. The molecule has 0 radical (unpaired) electrons. The third kappa shape index (κ3) is 4.00. The highest BCUT2D eigenvalue weighted by molar-refractivity contribution is 5.92. The van der Waals surface area contributed by atoms with E-state index in [0.717, 1.165) is 12.2 Å². The van der Waals surface area contributed by atoms with Gasteiger partial charge in [-0.3, -0.25) is 9.78 Å². The summed E-state index contributed by atoms with van der Waals surface area (Å²) in [6.07, 6.45) is 2.00. The number of pyridine rings is 1. The van der Waals surface area contributed by atoms with Gasteiger partial charge in [-0.25, -0.2) is 0 Å². The third-order valence-electron chi connectivity index (χ3n) is 2.69. The first-order valence-electron chi connectivity index (χ1n) is 5.98. The van der Waals surface area contributed by atoms with Crippen molar-refractivity contribution in [1.29, 1.82) is 0 Å². The van der Waals surface area contributed by atoms with E-state index in [4.69, 9.17) is 0 Å². The Morgan fingerprint density at radius 1 is 1.44 bits per heavy atom. The average Bonchev–Trinajstić information content (AvgIpc) is 2.34. The maximum absolute atomic E-state index is 11.8. The highest BCUT2D eigenvalue weighted by Crippen LogP contribution is 2.14. The Morgan fingerprint density at radius 2 is 2.11 bits per heavy atom. The van der Waals surface area contributed by atoms with Crippen LogP contribution in [0.3, 0.4) is 0 Å². The molecule has 0 aliphatic rings. The molecule has 1 rings (SSSR count). The molecule has 1 heterocycles. The van der Waals surface area contributed by atoms with Crippen molar-refractivity contribution in [2.45, 2.75) is 19.4 Å². The molecule has 5 nitrogen and oxygen atoms in total. The van der Waals surface area contributed by atoms with Gasteiger partial charge in [0.25, 0.3) is 5.91 Å². The molecule has 5 heteroatoms. The van der Waals surface area contributed by atoms with Crippen molar-refractivity contribution >= 4 is 11.6 Å². The molecule has 0 aromatic carbocycles. The number of hydrogen-bond acceptors (Lipinski definition) is 4. The van der Waals surface area contributed by atoms with E-state index in [1.54, 1.807) is 33.3 Å². The summed E-state index contributed by atoms with van der Waals surface area (Å²) in [4.78, 5) is 19.4. The van der Waals surface area contributed by atoms with E-state index in [2.05, 4.69) is 4.98 Å². The van der Waals surface area contributed by atoms with Crippen LogP contribution in [0.5, 0.6) is 0 Å². The van der Waals surface area contributed by atoms with Crippen molar-refractivity contribution < 1.29 is 9.90 Å². The van der Waals surface area contributed by atoms with Crippen LogP contribution in [-0.4, -0.2) is 54.7 Å². The van der Waals surface area contributed by atoms with E-state index in [9.17, 15) is 9.90 Å². The largest absolute Gasteiger partial charge is 0.393 e. The van der Waals surface area contributed by atoms with Crippen LogP contribution >= 0.6 is 0 Å². The summed E-state index contributed by atoms with van der Waals surface area (Å²) in [7, 11) is 5.34. The number of amides is 1. The van der Waals surface area contributed by atoms with Crippen LogP contribution in [0, 0.1) is 0 Å². The van der Waals surface area contributed by atoms with Crippen molar-refractivity contribution in [3.8, 4) is 0 Å². The summed E-state index contributed by atoms with van der Waals surface area (Å²) < 4.78 is 0. The Bertz CT molecular complexity index is 405. The molecule has 0 saturated heterocycles. The van der Waals surface area contributed by atoms with Crippen molar-refractivity contribution in [2.24, 2.45) is 0 Å². The van der Waals surface area contributed by atoms with Crippen LogP contribution < -0.4 is 4.90 Å². The molecule has 0 fully saturated rings. The number of hydrogen-bond donors (Lipinski definition) is 1. The van der Waals surface area contributed by atoms with Gasteiger partial charge >= 0.3 is 0 Å². The quantitative estimate of drug-likeness (QED) is 0.848. The van der Waals surface area contributed by atoms with E-state index in [0.29, 0.717) is 12.1 Å². The minimum atomic E-state index is -0.322. The number of aliphatic hydroxyl groups is 1. The first-order chi connectivity index (χ1) is 8.41. The SMILES string of the molecule is CC(O)CCN(C)c1ccnc(C(=O)N(C)C)c1. The maximum Gasteiger partial charge on any atom is 0.272 e. The highest BCUT2D eigenvalue weighted by atomic mass is 16.3. The van der Waals surface area contributed by atoms with Crippen LogP contribution in [0.1, 0.15) is 23.8 Å². The van der Waals surface area contributed by atoms with Gasteiger partial charge in [-0.05, 0) is 25.5 Å². The van der Waals surface area contributed by atoms with Crippen LogP contribution in [0.4, 0.5) is 5.69 Å². The molecule has 0 spiro atoms. The Morgan fingerprint density at radius 3 is 2.67 bits per heavy atom. The van der Waals surface area contributed by atoms with Crippen LogP contribution in [0.25, 0.3) is 0 Å². The minimum Gasteiger partial charge on any atom is -0.393 e. The molecular weight excluding hydrogens is 230 g/mol. The second-order valence-electron chi connectivity index (χ2n) is 4.66. The lowest BCUT2D eigenvalue weighted by atomic mass is 10.2. The Hall–Kier alpha value is -1.62. The first-order valence-corrected chi connectivity index (χ1v) is 5.98. The van der Waals surface area contributed by atoms with Gasteiger partial charge in [-0.15, -0.1) is 0 Å². The second-order valence-corrected chi connectivity index (χ2v) is 4.66. The molecule has 0 aliphatic carbocycles. The fourth-order valence-corrected chi connectivity index (χ4v) is 1.51. The van der Waals surface area contributed by atoms with Crippen molar-refractivity contribution in [3.05, 3.63) is 24.0 Å². The third-order valence-corrected chi connectivity index (χ3v) is 2.69. The van der Waals surface area contributed by atoms with Gasteiger partial charge in [0.2, 0.25) is 0 Å². The average molecular weight is 251 g/mol. The van der Waals surface area contributed by atoms with Gasteiger partial charge in [-0.1, -0.05) is 0 Å². The number of carbonyl (C=O) groups is 1. The molecule has 1 aromatic heterocycles. The molecule has 1 amide bonds. The number of rotatable bonds is 5. The summed E-state index contributed by atoms with van der Waals surface area (Å²) in [5.41, 5.74) is 1.36. The topological polar surface area (TPSA) is 56.7 Å². The van der Waals surface area contributed by atoms with Gasteiger partial charge in [0.15, 0.2) is 0 Å². The zero-order valence-corrected chi connectivity index (χ0v) is 11.4. The molecule has 18 heavy (non-hydrogen) atoms. The predicted octanol–water partition coefficient (Wildman–Crippen LogP) is 0.990. The zero-order chi connectivity index (χ0) is 13.7. The molecular formula is C13H21N3O2. The fraction of sp³-hybridized carbons (Fsp3) is 0.538. The lowest BCUT2D eigenvalue weighted by Gasteiger charge is -2.20. The van der Waals surface area contributed by atoms with Gasteiger partial charge in [-0.2, -0.15) is 0 Å². The molecule has 100 valence electrons. The number of anilines is 1. The van der Waals surface area contributed by atoms with E-state index in [-0.39, 0.29) is 12.0 Å². The highest BCUT2D eigenvalue weighted by Gasteiger charge is 2.11. The first kappa shape index (κ1) is 14.4. The number of aliphatic hydroxyl groups excluding tert-OH is 1. The fourth-order valence-electron chi connectivity index (χ4n) is 1.51. The summed E-state index contributed by atoms with van der Waals surface area (Å²) >= 11 is 0. The number of aromatic nitrogens is 1. The van der Waals surface area contributed by atoms with E-state index in [1.165, 1.54) is 4.90 Å². The summed E-state index contributed by atoms with van der Waals surface area (Å²) in [5, 5.41) is 9.26. The predicted molar refractivity (Wildman–Crippen MR) is 71.8 cm³/mol. The summed E-state index contributed by atoms with van der Waals surface area (Å²) in [5.74, 6) is -0.110. The number of carbonyl (C=O) groups excluding carboxylic acids is 1. The second kappa shape index (κ2) is 6.35. The number of nitrogens with zero attached hydrogens (tertiary/aromatic N) is 3. The summed E-state index contributed by atoms with van der Waals surface area (Å²) in [6, 6.07) is 3.62. The normalized spacial score (nSPS) is 12.1. The van der Waals surface area contributed by atoms with E-state index in [1.807, 2.05) is 18.0 Å². The Kier molecular flexibility index (Phi) is 5.09. The Balaban J connectivity index is 2.78. The zero-order valence-electron chi connectivity index (χ0n) is 11.4. The van der Waals surface area contributed by atoms with Crippen molar-refractivity contribution in [1.82, 2.24) is 9.88 Å².